The summed E-state index contributed by atoms with van der Waals surface area (Å²) < 4.78 is 11.8. The molecule has 0 fully saturated rings. The quantitative estimate of drug-likeness (QED) is 0.504. The number of methoxy groups -OCH3 is 1. The highest BCUT2D eigenvalue weighted by Gasteiger charge is 2.14. The first-order valence-corrected chi connectivity index (χ1v) is 8.90. The molecule has 0 aliphatic rings. The van der Waals surface area contributed by atoms with E-state index in [4.69, 9.17) is 9.15 Å². The number of carbonyl (C=O) groups excluding carboxylic acids is 1. The predicted octanol–water partition coefficient (Wildman–Crippen LogP) is 4.91. The molecule has 134 valence electrons. The van der Waals surface area contributed by atoms with Gasteiger partial charge >= 0.3 is 0 Å². The molecule has 2 heterocycles. The Kier molecular flexibility index (Phi) is 4.60. The minimum atomic E-state index is -0.274. The van der Waals surface area contributed by atoms with Gasteiger partial charge in [0, 0.05) is 21.9 Å². The fourth-order valence-electron chi connectivity index (χ4n) is 2.68. The number of halogens is 1. The molecule has 0 saturated carbocycles. The van der Waals surface area contributed by atoms with Crippen LogP contribution < -0.4 is 10.1 Å². The summed E-state index contributed by atoms with van der Waals surface area (Å²) >= 11 is 3.38. The van der Waals surface area contributed by atoms with Crippen molar-refractivity contribution < 1.29 is 13.9 Å². The van der Waals surface area contributed by atoms with Gasteiger partial charge in [-0.2, -0.15) is 4.98 Å². The Morgan fingerprint density at radius 2 is 2.04 bits per heavy atom. The van der Waals surface area contributed by atoms with Crippen molar-refractivity contribution in [2.24, 2.45) is 0 Å². The lowest BCUT2D eigenvalue weighted by Gasteiger charge is -2.10. The average Bonchev–Trinajstić information content (AvgIpc) is 3.12. The Morgan fingerprint density at radius 3 is 2.85 bits per heavy atom. The van der Waals surface area contributed by atoms with Gasteiger partial charge in [0.1, 0.15) is 5.75 Å². The summed E-state index contributed by atoms with van der Waals surface area (Å²) in [7, 11) is 1.53. The van der Waals surface area contributed by atoms with Gasteiger partial charge in [-0.05, 0) is 48.5 Å². The molecule has 1 amide bonds. The van der Waals surface area contributed by atoms with Crippen molar-refractivity contribution >= 4 is 38.8 Å². The normalized spacial score (nSPS) is 10.7. The highest BCUT2D eigenvalue weighted by Crippen LogP contribution is 2.27. The van der Waals surface area contributed by atoms with Crippen molar-refractivity contribution in [3.63, 3.8) is 0 Å². The van der Waals surface area contributed by atoms with Crippen LogP contribution in [-0.2, 0) is 0 Å². The van der Waals surface area contributed by atoms with E-state index in [1.165, 1.54) is 7.11 Å². The first-order chi connectivity index (χ1) is 13.1. The molecule has 0 unspecified atom stereocenters. The molecule has 4 rings (SSSR count). The van der Waals surface area contributed by atoms with Gasteiger partial charge in [-0.15, -0.1) is 0 Å². The largest absolute Gasteiger partial charge is 0.496 e. The second-order valence-corrected chi connectivity index (χ2v) is 6.64. The van der Waals surface area contributed by atoms with Crippen LogP contribution in [0.25, 0.3) is 22.7 Å². The van der Waals surface area contributed by atoms with Crippen LogP contribution in [0.3, 0.4) is 0 Å². The smallest absolute Gasteiger partial charge is 0.259 e. The number of nitrogens with one attached hydrogen (secondary N) is 1. The first kappa shape index (κ1) is 17.2. The van der Waals surface area contributed by atoms with Crippen LogP contribution in [0.5, 0.6) is 5.75 Å². The maximum Gasteiger partial charge on any atom is 0.259 e. The van der Waals surface area contributed by atoms with Crippen molar-refractivity contribution in [2.75, 3.05) is 12.4 Å². The van der Waals surface area contributed by atoms with Crippen molar-refractivity contribution in [1.82, 2.24) is 9.97 Å². The zero-order valence-corrected chi connectivity index (χ0v) is 15.9. The van der Waals surface area contributed by atoms with Gasteiger partial charge < -0.3 is 14.5 Å². The molecular formula is C20H14BrN3O3. The second kappa shape index (κ2) is 7.20. The van der Waals surface area contributed by atoms with Gasteiger partial charge in [0.05, 0.1) is 12.7 Å². The van der Waals surface area contributed by atoms with Crippen LogP contribution in [0.1, 0.15) is 10.4 Å². The number of fused-ring (bicyclic) bond motifs is 1. The number of hydrogen-bond acceptors (Lipinski definition) is 5. The Hall–Kier alpha value is -3.19. The topological polar surface area (TPSA) is 77.2 Å². The van der Waals surface area contributed by atoms with Crippen molar-refractivity contribution in [1.29, 1.82) is 0 Å². The molecule has 4 aromatic rings. The van der Waals surface area contributed by atoms with Crippen molar-refractivity contribution in [2.45, 2.75) is 0 Å². The minimum Gasteiger partial charge on any atom is -0.496 e. The highest BCUT2D eigenvalue weighted by molar-refractivity contribution is 9.10. The molecule has 1 N–H and O–H groups in total. The number of anilines is 1. The number of oxazole rings is 1. The van der Waals surface area contributed by atoms with Crippen LogP contribution in [0.2, 0.25) is 0 Å². The summed E-state index contributed by atoms with van der Waals surface area (Å²) in [6, 6.07) is 16.2. The average molecular weight is 424 g/mol. The lowest BCUT2D eigenvalue weighted by Crippen LogP contribution is -2.13. The highest BCUT2D eigenvalue weighted by atomic mass is 79.9. The standard InChI is InChI=1S/C20H14BrN3O3/c1-26-16-8-7-13(21)11-15(16)19(25)23-14-5-2-4-12(10-14)20-24-18-17(27-20)6-3-9-22-18/h2-11H,1H3,(H,23,25). The van der Waals surface area contributed by atoms with Crippen molar-refractivity contribution in [3.05, 3.63) is 70.8 Å². The van der Waals surface area contributed by atoms with E-state index in [0.29, 0.717) is 34.1 Å². The molecule has 0 aliphatic heterocycles. The monoisotopic (exact) mass is 423 g/mol. The molecular weight excluding hydrogens is 410 g/mol. The fourth-order valence-corrected chi connectivity index (χ4v) is 3.04. The Bertz CT molecular complexity index is 1110. The van der Waals surface area contributed by atoms with E-state index < -0.39 is 0 Å². The molecule has 0 saturated heterocycles. The Labute approximate surface area is 163 Å². The number of carbonyl (C=O) groups is 1. The molecule has 0 aliphatic carbocycles. The molecule has 2 aromatic carbocycles. The summed E-state index contributed by atoms with van der Waals surface area (Å²) in [6.07, 6.45) is 1.66. The van der Waals surface area contributed by atoms with Gasteiger partial charge in [-0.25, -0.2) is 4.98 Å². The van der Waals surface area contributed by atoms with Crippen LogP contribution in [-0.4, -0.2) is 23.0 Å². The summed E-state index contributed by atoms with van der Waals surface area (Å²) in [6.45, 7) is 0. The van der Waals surface area contributed by atoms with Crippen LogP contribution in [0.4, 0.5) is 5.69 Å². The van der Waals surface area contributed by atoms with E-state index in [1.807, 2.05) is 24.3 Å². The third kappa shape index (κ3) is 3.54. The molecule has 7 heteroatoms. The number of hydrogen-bond donors (Lipinski definition) is 1. The lowest BCUT2D eigenvalue weighted by molar-refractivity contribution is 0.102. The van der Waals surface area contributed by atoms with Gasteiger partial charge in [0.15, 0.2) is 11.2 Å². The number of aromatic nitrogens is 2. The maximum absolute atomic E-state index is 12.7. The SMILES string of the molecule is COc1ccc(Br)cc1C(=O)Nc1cccc(-c2nc3ncccc3o2)c1. The Balaban J connectivity index is 1.63. The second-order valence-electron chi connectivity index (χ2n) is 5.72. The van der Waals surface area contributed by atoms with E-state index in [-0.39, 0.29) is 5.91 Å². The molecule has 27 heavy (non-hydrogen) atoms. The minimum absolute atomic E-state index is 0.274. The van der Waals surface area contributed by atoms with E-state index in [1.54, 1.807) is 36.5 Å². The van der Waals surface area contributed by atoms with Crippen LogP contribution >= 0.6 is 15.9 Å². The summed E-state index contributed by atoms with van der Waals surface area (Å²) in [5.74, 6) is 0.668. The zero-order valence-electron chi connectivity index (χ0n) is 14.3. The third-order valence-corrected chi connectivity index (χ3v) is 4.43. The van der Waals surface area contributed by atoms with Crippen molar-refractivity contribution in [3.8, 4) is 17.2 Å². The predicted molar refractivity (Wildman–Crippen MR) is 106 cm³/mol. The molecule has 0 bridgehead atoms. The summed E-state index contributed by atoms with van der Waals surface area (Å²) in [4.78, 5) is 21.2. The van der Waals surface area contributed by atoms with E-state index >= 15 is 0 Å². The van der Waals surface area contributed by atoms with Crippen LogP contribution in [0.15, 0.2) is 69.7 Å². The van der Waals surface area contributed by atoms with Gasteiger partial charge in [-0.1, -0.05) is 22.0 Å². The lowest BCUT2D eigenvalue weighted by atomic mass is 10.1. The molecule has 2 aromatic heterocycles. The molecule has 0 spiro atoms. The fraction of sp³-hybridized carbons (Fsp3) is 0.0500. The zero-order chi connectivity index (χ0) is 18.8. The number of ether oxygens (including phenoxy) is 1. The number of benzene rings is 2. The Morgan fingerprint density at radius 1 is 1.15 bits per heavy atom. The summed E-state index contributed by atoms with van der Waals surface area (Å²) in [5, 5.41) is 2.88. The van der Waals surface area contributed by atoms with E-state index in [0.717, 1.165) is 10.0 Å². The number of rotatable bonds is 4. The number of amides is 1. The molecule has 6 nitrogen and oxygen atoms in total. The maximum atomic E-state index is 12.7. The molecule has 0 radical (unpaired) electrons. The number of pyridine rings is 1. The number of nitrogens with zero attached hydrogens (tertiary/aromatic N) is 2. The van der Waals surface area contributed by atoms with Gasteiger partial charge in [-0.3, -0.25) is 4.79 Å². The van der Waals surface area contributed by atoms with Gasteiger partial charge in [0.2, 0.25) is 5.89 Å². The van der Waals surface area contributed by atoms with Gasteiger partial charge in [0.25, 0.3) is 5.91 Å². The summed E-state index contributed by atoms with van der Waals surface area (Å²) in [5.41, 5.74) is 2.95. The van der Waals surface area contributed by atoms with E-state index in [2.05, 4.69) is 31.2 Å². The molecule has 0 atom stereocenters. The van der Waals surface area contributed by atoms with E-state index in [9.17, 15) is 4.79 Å². The first-order valence-electron chi connectivity index (χ1n) is 8.11. The van der Waals surface area contributed by atoms with Crippen LogP contribution in [0, 0.1) is 0 Å². The third-order valence-electron chi connectivity index (χ3n) is 3.94.